The van der Waals surface area contributed by atoms with Gasteiger partial charge in [-0.15, -0.1) is 0 Å². The topological polar surface area (TPSA) is 8.17 Å². The van der Waals surface area contributed by atoms with Gasteiger partial charge >= 0.3 is 0 Å². The Balaban J connectivity index is 0.000000317. The standard InChI is InChI=1S/C11H16IN.C3H9N/c12-9-11-7-4-8-13(11)10-5-2-1-3-6-10;1-4(2)3/h4,7-8,10H,1-3,5-6,9H2;1-3H3. The smallest absolute Gasteiger partial charge is 0.0400 e. The second kappa shape index (κ2) is 8.14. The van der Waals surface area contributed by atoms with Crippen LogP contribution >= 0.6 is 22.6 Å². The van der Waals surface area contributed by atoms with Gasteiger partial charge < -0.3 is 9.47 Å². The number of rotatable bonds is 2. The molecule has 0 radical (unpaired) electrons. The summed E-state index contributed by atoms with van der Waals surface area (Å²) in [5.74, 6) is 0. The zero-order chi connectivity index (χ0) is 12.7. The molecule has 0 spiro atoms. The van der Waals surface area contributed by atoms with Crippen LogP contribution in [0.25, 0.3) is 0 Å². The molecule has 1 heterocycles. The van der Waals surface area contributed by atoms with Gasteiger partial charge in [-0.05, 0) is 46.1 Å². The zero-order valence-electron chi connectivity index (χ0n) is 11.3. The van der Waals surface area contributed by atoms with Crippen molar-refractivity contribution in [2.75, 3.05) is 21.1 Å². The largest absolute Gasteiger partial charge is 0.348 e. The molecular formula is C14H25IN2. The van der Waals surface area contributed by atoms with E-state index in [9.17, 15) is 0 Å². The molecule has 98 valence electrons. The second-order valence-electron chi connectivity index (χ2n) is 5.17. The maximum absolute atomic E-state index is 2.49. The van der Waals surface area contributed by atoms with Crippen molar-refractivity contribution in [2.24, 2.45) is 0 Å². The van der Waals surface area contributed by atoms with E-state index in [0.29, 0.717) is 0 Å². The molecule has 0 N–H and O–H groups in total. The van der Waals surface area contributed by atoms with Crippen molar-refractivity contribution in [3.8, 4) is 0 Å². The fourth-order valence-electron chi connectivity index (χ4n) is 2.26. The Labute approximate surface area is 120 Å². The van der Waals surface area contributed by atoms with Crippen LogP contribution < -0.4 is 0 Å². The molecule has 0 aliphatic heterocycles. The van der Waals surface area contributed by atoms with Crippen LogP contribution in [0.4, 0.5) is 0 Å². The molecule has 0 atom stereocenters. The summed E-state index contributed by atoms with van der Waals surface area (Å²) < 4.78 is 3.63. The van der Waals surface area contributed by atoms with Crippen LogP contribution in [0.2, 0.25) is 0 Å². The van der Waals surface area contributed by atoms with E-state index in [4.69, 9.17) is 0 Å². The molecule has 0 amide bonds. The minimum atomic E-state index is 0.800. The minimum Gasteiger partial charge on any atom is -0.348 e. The fourth-order valence-corrected chi connectivity index (χ4v) is 2.91. The lowest BCUT2D eigenvalue weighted by Crippen LogP contribution is -2.13. The Bertz CT molecular complexity index is 298. The Kier molecular flexibility index (Phi) is 7.19. The van der Waals surface area contributed by atoms with Crippen molar-refractivity contribution in [2.45, 2.75) is 42.6 Å². The lowest BCUT2D eigenvalue weighted by atomic mass is 9.95. The highest BCUT2D eigenvalue weighted by Gasteiger charge is 2.15. The van der Waals surface area contributed by atoms with Crippen molar-refractivity contribution >= 4 is 22.6 Å². The first kappa shape index (κ1) is 15.0. The van der Waals surface area contributed by atoms with Gasteiger partial charge in [0.25, 0.3) is 0 Å². The van der Waals surface area contributed by atoms with Crippen LogP contribution in [0, 0.1) is 0 Å². The Hall–Kier alpha value is -0.0300. The van der Waals surface area contributed by atoms with Gasteiger partial charge in [0.05, 0.1) is 0 Å². The number of halogens is 1. The quantitative estimate of drug-likeness (QED) is 0.577. The molecular weight excluding hydrogens is 323 g/mol. The molecule has 3 heteroatoms. The van der Waals surface area contributed by atoms with E-state index in [-0.39, 0.29) is 0 Å². The summed E-state index contributed by atoms with van der Waals surface area (Å²) in [5, 5.41) is 0. The molecule has 1 aliphatic carbocycles. The van der Waals surface area contributed by atoms with Gasteiger partial charge in [-0.3, -0.25) is 0 Å². The highest BCUT2D eigenvalue weighted by atomic mass is 127. The Morgan fingerprint density at radius 1 is 1.24 bits per heavy atom. The average Bonchev–Trinajstić information content (AvgIpc) is 2.77. The van der Waals surface area contributed by atoms with E-state index in [1.54, 1.807) is 0 Å². The lowest BCUT2D eigenvalue weighted by molar-refractivity contribution is 0.350. The summed E-state index contributed by atoms with van der Waals surface area (Å²) >= 11 is 2.45. The van der Waals surface area contributed by atoms with E-state index in [1.165, 1.54) is 37.8 Å². The molecule has 17 heavy (non-hydrogen) atoms. The monoisotopic (exact) mass is 348 g/mol. The highest BCUT2D eigenvalue weighted by Crippen LogP contribution is 2.29. The van der Waals surface area contributed by atoms with Gasteiger partial charge in [-0.25, -0.2) is 0 Å². The number of nitrogens with zero attached hydrogens (tertiary/aromatic N) is 2. The number of alkyl halides is 1. The average molecular weight is 348 g/mol. The van der Waals surface area contributed by atoms with Crippen LogP contribution in [-0.2, 0) is 4.43 Å². The summed E-state index contributed by atoms with van der Waals surface area (Å²) in [6.45, 7) is 0. The van der Waals surface area contributed by atoms with Crippen LogP contribution in [-0.4, -0.2) is 30.6 Å². The summed E-state index contributed by atoms with van der Waals surface area (Å²) in [4.78, 5) is 2.00. The first-order valence-corrected chi connectivity index (χ1v) is 8.00. The summed E-state index contributed by atoms with van der Waals surface area (Å²) in [7, 11) is 6.00. The number of aromatic nitrogens is 1. The molecule has 1 fully saturated rings. The van der Waals surface area contributed by atoms with Gasteiger partial charge in [0.15, 0.2) is 0 Å². The molecule has 0 aromatic carbocycles. The van der Waals surface area contributed by atoms with Gasteiger partial charge in [0.1, 0.15) is 0 Å². The molecule has 2 rings (SSSR count). The summed E-state index contributed by atoms with van der Waals surface area (Å²) in [5.41, 5.74) is 1.49. The zero-order valence-corrected chi connectivity index (χ0v) is 13.5. The van der Waals surface area contributed by atoms with E-state index < -0.39 is 0 Å². The Morgan fingerprint density at radius 2 is 1.82 bits per heavy atom. The van der Waals surface area contributed by atoms with Crippen LogP contribution in [0.5, 0.6) is 0 Å². The van der Waals surface area contributed by atoms with Gasteiger partial charge in [-0.1, -0.05) is 41.9 Å². The fraction of sp³-hybridized carbons (Fsp3) is 0.714. The van der Waals surface area contributed by atoms with E-state index in [1.807, 2.05) is 26.0 Å². The summed E-state index contributed by atoms with van der Waals surface area (Å²) in [6.07, 6.45) is 9.31. The summed E-state index contributed by atoms with van der Waals surface area (Å²) in [6, 6.07) is 5.23. The Morgan fingerprint density at radius 3 is 2.35 bits per heavy atom. The van der Waals surface area contributed by atoms with Gasteiger partial charge in [-0.2, -0.15) is 0 Å². The molecule has 2 nitrogen and oxygen atoms in total. The number of hydrogen-bond donors (Lipinski definition) is 0. The molecule has 1 aromatic rings. The van der Waals surface area contributed by atoms with Gasteiger partial charge in [0.2, 0.25) is 0 Å². The third-order valence-electron chi connectivity index (χ3n) is 2.97. The molecule has 0 saturated heterocycles. The molecule has 1 aliphatic rings. The van der Waals surface area contributed by atoms with Crippen LogP contribution in [0.15, 0.2) is 18.3 Å². The van der Waals surface area contributed by atoms with E-state index >= 15 is 0 Å². The predicted octanol–water partition coefficient (Wildman–Crippen LogP) is 4.11. The molecule has 0 unspecified atom stereocenters. The maximum atomic E-state index is 2.49. The normalized spacial score (nSPS) is 16.8. The number of hydrogen-bond acceptors (Lipinski definition) is 1. The first-order valence-electron chi connectivity index (χ1n) is 6.47. The minimum absolute atomic E-state index is 0.800. The predicted molar refractivity (Wildman–Crippen MR) is 83.9 cm³/mol. The van der Waals surface area contributed by atoms with Crippen molar-refractivity contribution in [3.05, 3.63) is 24.0 Å². The van der Waals surface area contributed by atoms with Crippen molar-refractivity contribution in [1.82, 2.24) is 9.47 Å². The van der Waals surface area contributed by atoms with E-state index in [0.717, 1.165) is 10.5 Å². The molecule has 1 saturated carbocycles. The van der Waals surface area contributed by atoms with Crippen LogP contribution in [0.3, 0.4) is 0 Å². The molecule has 1 aromatic heterocycles. The van der Waals surface area contributed by atoms with Crippen molar-refractivity contribution in [1.29, 1.82) is 0 Å². The maximum Gasteiger partial charge on any atom is 0.0400 e. The molecule has 0 bridgehead atoms. The third-order valence-corrected chi connectivity index (χ3v) is 3.75. The van der Waals surface area contributed by atoms with Crippen molar-refractivity contribution in [3.63, 3.8) is 0 Å². The highest BCUT2D eigenvalue weighted by molar-refractivity contribution is 14.1. The lowest BCUT2D eigenvalue weighted by Gasteiger charge is -2.25. The van der Waals surface area contributed by atoms with Crippen molar-refractivity contribution < 1.29 is 0 Å². The third kappa shape index (κ3) is 5.42. The van der Waals surface area contributed by atoms with Gasteiger partial charge in [0, 0.05) is 22.4 Å². The SMILES string of the molecule is CN(C)C.ICc1cccn1C1CCCCC1. The van der Waals surface area contributed by atoms with E-state index in [2.05, 4.69) is 45.5 Å². The van der Waals surface area contributed by atoms with Crippen LogP contribution in [0.1, 0.15) is 43.8 Å². The first-order chi connectivity index (χ1) is 8.15. The second-order valence-corrected chi connectivity index (χ2v) is 5.94.